The van der Waals surface area contributed by atoms with Gasteiger partial charge >= 0.3 is 0 Å². The molecule has 194 valence electrons. The molecule has 6 rings (SSSR count). The van der Waals surface area contributed by atoms with E-state index in [2.05, 4.69) is 10.2 Å². The second kappa shape index (κ2) is 9.01. The molecule has 3 aromatic carbocycles. The SMILES string of the molecule is Cn1c2cc3ccccc3cc2c(=O)c2c(NCCN3CCCCC3)cc3c(c21)[C@H](O)[C@H](O)C(C)(C)O3. The summed E-state index contributed by atoms with van der Waals surface area (Å²) in [7, 11) is 1.91. The minimum absolute atomic E-state index is 0.0938. The molecule has 0 saturated carbocycles. The van der Waals surface area contributed by atoms with Gasteiger partial charge in [-0.05, 0) is 62.7 Å². The van der Waals surface area contributed by atoms with Crippen molar-refractivity contribution in [2.24, 2.45) is 7.05 Å². The minimum Gasteiger partial charge on any atom is -0.484 e. The number of pyridine rings is 1. The summed E-state index contributed by atoms with van der Waals surface area (Å²) in [5.41, 5.74) is 1.45. The van der Waals surface area contributed by atoms with Crippen LogP contribution in [0, 0.1) is 0 Å². The molecule has 3 heterocycles. The van der Waals surface area contributed by atoms with Gasteiger partial charge in [0.1, 0.15) is 23.6 Å². The Kier molecular flexibility index (Phi) is 5.90. The fraction of sp³-hybridized carbons (Fsp3) is 0.433. The lowest BCUT2D eigenvalue weighted by Crippen LogP contribution is -2.49. The molecular weight excluding hydrogens is 466 g/mol. The first kappa shape index (κ1) is 24.2. The van der Waals surface area contributed by atoms with Gasteiger partial charge in [-0.1, -0.05) is 30.7 Å². The molecule has 1 aromatic heterocycles. The van der Waals surface area contributed by atoms with Crippen molar-refractivity contribution >= 4 is 38.3 Å². The molecule has 7 heteroatoms. The Morgan fingerprint density at radius 2 is 1.76 bits per heavy atom. The molecule has 37 heavy (non-hydrogen) atoms. The second-order valence-corrected chi connectivity index (χ2v) is 11.1. The van der Waals surface area contributed by atoms with E-state index >= 15 is 0 Å². The maximum absolute atomic E-state index is 14.1. The van der Waals surface area contributed by atoms with Crippen LogP contribution in [0.15, 0.2) is 47.3 Å². The fourth-order valence-corrected chi connectivity index (χ4v) is 6.10. The molecule has 1 saturated heterocycles. The van der Waals surface area contributed by atoms with Crippen LogP contribution in [0.5, 0.6) is 5.75 Å². The standard InChI is InChI=1S/C30H35N3O4/c1-30(2)29(36)28(35)25-23(37-30)17-21(31-11-14-33-12-7-4-8-13-33)24-26(25)32(3)22-16-19-10-6-5-9-18(19)15-20(22)27(24)34/h5-6,9-10,15-17,28-29,31,35-36H,4,7-8,11-14H2,1-3H3/t28-,29-/m0/s1. The number of aliphatic hydroxyl groups excluding tert-OH is 2. The molecule has 1 fully saturated rings. The number of fused-ring (bicyclic) bond motifs is 5. The average Bonchev–Trinajstić information content (AvgIpc) is 2.89. The largest absolute Gasteiger partial charge is 0.484 e. The Labute approximate surface area is 216 Å². The molecule has 3 N–H and O–H groups in total. The highest BCUT2D eigenvalue weighted by Crippen LogP contribution is 2.46. The van der Waals surface area contributed by atoms with Crippen LogP contribution in [0.4, 0.5) is 5.69 Å². The number of hydrogen-bond donors (Lipinski definition) is 3. The Bertz CT molecular complexity index is 1570. The van der Waals surface area contributed by atoms with Gasteiger partial charge in [-0.2, -0.15) is 0 Å². The summed E-state index contributed by atoms with van der Waals surface area (Å²) in [4.78, 5) is 16.6. The molecule has 4 aromatic rings. The number of anilines is 1. The summed E-state index contributed by atoms with van der Waals surface area (Å²) in [5, 5.41) is 28.9. The van der Waals surface area contributed by atoms with Gasteiger partial charge in [0.2, 0.25) is 0 Å². The van der Waals surface area contributed by atoms with Crippen molar-refractivity contribution < 1.29 is 14.9 Å². The Balaban J connectivity index is 1.58. The van der Waals surface area contributed by atoms with Crippen molar-refractivity contribution in [2.45, 2.75) is 50.9 Å². The van der Waals surface area contributed by atoms with Gasteiger partial charge in [0.05, 0.1) is 22.1 Å². The third-order valence-electron chi connectivity index (χ3n) is 8.21. The molecule has 2 aliphatic rings. The van der Waals surface area contributed by atoms with Crippen LogP contribution in [0.25, 0.3) is 32.6 Å². The number of likely N-dealkylation sites (tertiary alicyclic amines) is 1. The summed E-state index contributed by atoms with van der Waals surface area (Å²) in [6, 6.07) is 13.8. The normalized spacial score (nSPS) is 21.8. The number of hydrogen-bond acceptors (Lipinski definition) is 6. The van der Waals surface area contributed by atoms with Crippen molar-refractivity contribution in [3.63, 3.8) is 0 Å². The van der Waals surface area contributed by atoms with E-state index in [0.29, 0.717) is 39.8 Å². The topological polar surface area (TPSA) is 87.0 Å². The summed E-state index contributed by atoms with van der Waals surface area (Å²) in [5.74, 6) is 0.492. The lowest BCUT2D eigenvalue weighted by molar-refractivity contribution is -0.111. The summed E-state index contributed by atoms with van der Waals surface area (Å²) >= 11 is 0. The maximum atomic E-state index is 14.1. The lowest BCUT2D eigenvalue weighted by Gasteiger charge is -2.41. The second-order valence-electron chi connectivity index (χ2n) is 11.1. The van der Waals surface area contributed by atoms with Crippen LogP contribution in [0.3, 0.4) is 0 Å². The maximum Gasteiger partial charge on any atom is 0.199 e. The minimum atomic E-state index is -1.19. The van der Waals surface area contributed by atoms with Crippen LogP contribution in [0.1, 0.15) is 44.8 Å². The summed E-state index contributed by atoms with van der Waals surface area (Å²) < 4.78 is 8.21. The highest BCUT2D eigenvalue weighted by molar-refractivity contribution is 6.06. The third kappa shape index (κ3) is 3.97. The van der Waals surface area contributed by atoms with Crippen molar-refractivity contribution in [1.29, 1.82) is 0 Å². The van der Waals surface area contributed by atoms with Gasteiger partial charge in [-0.25, -0.2) is 0 Å². The van der Waals surface area contributed by atoms with Crippen molar-refractivity contribution in [3.05, 3.63) is 58.3 Å². The Morgan fingerprint density at radius 1 is 1.05 bits per heavy atom. The van der Waals surface area contributed by atoms with Crippen molar-refractivity contribution in [2.75, 3.05) is 31.5 Å². The van der Waals surface area contributed by atoms with Crippen LogP contribution in [-0.2, 0) is 7.05 Å². The van der Waals surface area contributed by atoms with Crippen LogP contribution in [0.2, 0.25) is 0 Å². The molecule has 0 unspecified atom stereocenters. The Morgan fingerprint density at radius 3 is 2.49 bits per heavy atom. The van der Waals surface area contributed by atoms with Crippen molar-refractivity contribution in [1.82, 2.24) is 9.47 Å². The molecule has 0 radical (unpaired) electrons. The van der Waals surface area contributed by atoms with E-state index in [9.17, 15) is 15.0 Å². The third-order valence-corrected chi connectivity index (χ3v) is 8.21. The van der Waals surface area contributed by atoms with Gasteiger partial charge in [0.15, 0.2) is 5.43 Å². The zero-order chi connectivity index (χ0) is 25.9. The Hall–Kier alpha value is -3.13. The predicted octanol–water partition coefficient (Wildman–Crippen LogP) is 4.31. The van der Waals surface area contributed by atoms with E-state index in [-0.39, 0.29) is 5.43 Å². The molecular formula is C30H35N3O4. The number of ether oxygens (including phenoxy) is 1. The molecule has 0 bridgehead atoms. The highest BCUT2D eigenvalue weighted by atomic mass is 16.5. The van der Waals surface area contributed by atoms with E-state index in [1.54, 1.807) is 13.8 Å². The number of piperidine rings is 1. The number of nitrogens with zero attached hydrogens (tertiary/aromatic N) is 2. The molecule has 0 amide bonds. The summed E-state index contributed by atoms with van der Waals surface area (Å²) in [6.45, 7) is 7.33. The van der Waals surface area contributed by atoms with Gasteiger partial charge < -0.3 is 29.7 Å². The van der Waals surface area contributed by atoms with E-state index < -0.39 is 17.8 Å². The smallest absolute Gasteiger partial charge is 0.199 e. The number of benzene rings is 3. The van der Waals surface area contributed by atoms with Gasteiger partial charge in [-0.15, -0.1) is 0 Å². The van der Waals surface area contributed by atoms with Gasteiger partial charge in [-0.3, -0.25) is 4.79 Å². The number of aryl methyl sites for hydroxylation is 1. The zero-order valence-electron chi connectivity index (χ0n) is 21.8. The van der Waals surface area contributed by atoms with Gasteiger partial charge in [0, 0.05) is 37.2 Å². The lowest BCUT2D eigenvalue weighted by atomic mass is 9.86. The predicted molar refractivity (Wildman–Crippen MR) is 149 cm³/mol. The van der Waals surface area contributed by atoms with E-state index in [1.165, 1.54) is 19.3 Å². The number of rotatable bonds is 4. The number of nitrogens with one attached hydrogen (secondary N) is 1. The van der Waals surface area contributed by atoms with Gasteiger partial charge in [0.25, 0.3) is 0 Å². The molecule has 2 aliphatic heterocycles. The first-order valence-electron chi connectivity index (χ1n) is 13.3. The first-order chi connectivity index (χ1) is 17.8. The zero-order valence-corrected chi connectivity index (χ0v) is 21.8. The van der Waals surface area contributed by atoms with E-state index in [4.69, 9.17) is 4.74 Å². The van der Waals surface area contributed by atoms with E-state index in [0.717, 1.165) is 35.9 Å². The van der Waals surface area contributed by atoms with E-state index in [1.807, 2.05) is 54.1 Å². The summed E-state index contributed by atoms with van der Waals surface area (Å²) in [6.07, 6.45) is 1.42. The molecule has 7 nitrogen and oxygen atoms in total. The van der Waals surface area contributed by atoms with Crippen LogP contribution < -0.4 is 15.5 Å². The molecule has 2 atom stereocenters. The number of aromatic nitrogens is 1. The highest BCUT2D eigenvalue weighted by Gasteiger charge is 2.44. The molecule has 0 aliphatic carbocycles. The van der Waals surface area contributed by atoms with Crippen molar-refractivity contribution in [3.8, 4) is 5.75 Å². The van der Waals surface area contributed by atoms with Crippen LogP contribution in [-0.4, -0.2) is 57.6 Å². The molecule has 0 spiro atoms. The monoisotopic (exact) mass is 501 g/mol. The number of aliphatic hydroxyl groups is 2. The average molecular weight is 502 g/mol. The quantitative estimate of drug-likeness (QED) is 0.362. The van der Waals surface area contributed by atoms with Crippen LogP contribution >= 0.6 is 0 Å². The fourth-order valence-electron chi connectivity index (χ4n) is 6.10. The first-order valence-corrected chi connectivity index (χ1v) is 13.3.